The van der Waals surface area contributed by atoms with E-state index in [1.54, 1.807) is 0 Å². The summed E-state index contributed by atoms with van der Waals surface area (Å²) in [7, 11) is 0. The quantitative estimate of drug-likeness (QED) is 0.483. The van der Waals surface area contributed by atoms with Crippen LogP contribution in [0.15, 0.2) is 0 Å². The van der Waals surface area contributed by atoms with E-state index in [9.17, 15) is 0 Å². The van der Waals surface area contributed by atoms with Crippen LogP contribution in [0.4, 0.5) is 0 Å². The zero-order valence-electron chi connectivity index (χ0n) is 8.34. The third-order valence-electron chi connectivity index (χ3n) is 3.10. The highest BCUT2D eigenvalue weighted by atomic mass is 16.6. The monoisotopic (exact) mass is 184 g/mol. The van der Waals surface area contributed by atoms with Gasteiger partial charge in [0.05, 0.1) is 13.2 Å². The lowest BCUT2D eigenvalue weighted by atomic mass is 9.87. The summed E-state index contributed by atoms with van der Waals surface area (Å²) in [5, 5.41) is 0. The topological polar surface area (TPSA) is 21.8 Å². The molecule has 0 radical (unpaired) electrons. The van der Waals surface area contributed by atoms with Crippen molar-refractivity contribution in [1.29, 1.82) is 0 Å². The van der Waals surface area contributed by atoms with Crippen LogP contribution in [0, 0.1) is 5.92 Å². The van der Waals surface area contributed by atoms with Gasteiger partial charge in [-0.25, -0.2) is 0 Å². The van der Waals surface area contributed by atoms with Crippen LogP contribution >= 0.6 is 0 Å². The fourth-order valence-electron chi connectivity index (χ4n) is 2.10. The first kappa shape index (κ1) is 9.47. The molecule has 1 atom stereocenters. The third-order valence-corrected chi connectivity index (χ3v) is 3.10. The molecule has 2 heteroatoms. The highest BCUT2D eigenvalue weighted by Gasteiger charge is 2.22. The largest absolute Gasteiger partial charge is 0.379 e. The van der Waals surface area contributed by atoms with Crippen LogP contribution < -0.4 is 0 Å². The summed E-state index contributed by atoms with van der Waals surface area (Å²) in [4.78, 5) is 0. The molecule has 0 N–H and O–H groups in total. The van der Waals surface area contributed by atoms with Gasteiger partial charge in [-0.2, -0.15) is 0 Å². The average molecular weight is 184 g/mol. The maximum Gasteiger partial charge on any atom is 0.104 e. The average Bonchev–Trinajstić information content (AvgIpc) is 2.98. The van der Waals surface area contributed by atoms with Gasteiger partial charge >= 0.3 is 0 Å². The van der Waals surface area contributed by atoms with E-state index in [1.165, 1.54) is 38.5 Å². The molecule has 1 aliphatic heterocycles. The van der Waals surface area contributed by atoms with Crippen molar-refractivity contribution in [2.24, 2.45) is 5.92 Å². The van der Waals surface area contributed by atoms with Crippen molar-refractivity contribution in [2.75, 3.05) is 19.8 Å². The van der Waals surface area contributed by atoms with Crippen LogP contribution in [-0.4, -0.2) is 25.9 Å². The van der Waals surface area contributed by atoms with Gasteiger partial charge in [0, 0.05) is 6.61 Å². The van der Waals surface area contributed by atoms with Crippen LogP contribution in [0.3, 0.4) is 0 Å². The zero-order valence-corrected chi connectivity index (χ0v) is 8.34. The summed E-state index contributed by atoms with van der Waals surface area (Å²) >= 11 is 0. The zero-order chi connectivity index (χ0) is 8.93. The molecule has 1 unspecified atom stereocenters. The second kappa shape index (κ2) is 4.97. The van der Waals surface area contributed by atoms with Crippen molar-refractivity contribution in [3.63, 3.8) is 0 Å². The van der Waals surface area contributed by atoms with E-state index < -0.39 is 0 Å². The Morgan fingerprint density at radius 1 is 1.15 bits per heavy atom. The van der Waals surface area contributed by atoms with E-state index in [0.717, 1.165) is 25.7 Å². The smallest absolute Gasteiger partial charge is 0.104 e. The summed E-state index contributed by atoms with van der Waals surface area (Å²) in [6.07, 6.45) is 8.91. The predicted octanol–water partition coefficient (Wildman–Crippen LogP) is 2.37. The van der Waals surface area contributed by atoms with Crippen LogP contribution in [0.5, 0.6) is 0 Å². The molecule has 1 saturated heterocycles. The lowest BCUT2D eigenvalue weighted by molar-refractivity contribution is 0.0993. The number of hydrogen-bond acceptors (Lipinski definition) is 2. The number of hydrogen-bond donors (Lipinski definition) is 0. The first-order valence-corrected chi connectivity index (χ1v) is 5.64. The maximum absolute atomic E-state index is 5.54. The molecular weight excluding hydrogens is 164 g/mol. The maximum atomic E-state index is 5.54. The van der Waals surface area contributed by atoms with Crippen molar-refractivity contribution in [3.8, 4) is 0 Å². The fourth-order valence-corrected chi connectivity index (χ4v) is 2.10. The van der Waals surface area contributed by atoms with E-state index in [-0.39, 0.29) is 0 Å². The molecule has 1 aliphatic carbocycles. The molecular formula is C11H20O2. The van der Waals surface area contributed by atoms with Crippen LogP contribution in [0.1, 0.15) is 38.5 Å². The minimum Gasteiger partial charge on any atom is -0.379 e. The molecule has 2 aliphatic rings. The van der Waals surface area contributed by atoms with Crippen LogP contribution in [0.2, 0.25) is 0 Å². The Morgan fingerprint density at radius 2 is 1.92 bits per heavy atom. The molecule has 76 valence electrons. The van der Waals surface area contributed by atoms with Gasteiger partial charge in [-0.3, -0.25) is 0 Å². The first-order chi connectivity index (χ1) is 6.45. The van der Waals surface area contributed by atoms with Gasteiger partial charge in [0.15, 0.2) is 0 Å². The molecule has 1 saturated carbocycles. The van der Waals surface area contributed by atoms with E-state index in [1.807, 2.05) is 0 Å². The molecule has 0 amide bonds. The predicted molar refractivity (Wildman–Crippen MR) is 51.8 cm³/mol. The SMILES string of the molecule is C1CCC(CCOCC2CO2)CC1. The highest BCUT2D eigenvalue weighted by molar-refractivity contribution is 4.68. The summed E-state index contributed by atoms with van der Waals surface area (Å²) in [6.45, 7) is 2.70. The molecule has 13 heavy (non-hydrogen) atoms. The van der Waals surface area contributed by atoms with Crippen LogP contribution in [0.25, 0.3) is 0 Å². The van der Waals surface area contributed by atoms with Crippen molar-refractivity contribution >= 4 is 0 Å². The van der Waals surface area contributed by atoms with Gasteiger partial charge in [-0.05, 0) is 12.3 Å². The molecule has 2 rings (SSSR count). The molecule has 0 aromatic carbocycles. The Morgan fingerprint density at radius 3 is 2.62 bits per heavy atom. The Bertz CT molecular complexity index is 137. The Balaban J connectivity index is 1.46. The highest BCUT2D eigenvalue weighted by Crippen LogP contribution is 2.26. The minimum absolute atomic E-state index is 0.436. The lowest BCUT2D eigenvalue weighted by Crippen LogP contribution is -2.11. The second-order valence-electron chi connectivity index (χ2n) is 4.32. The number of epoxide rings is 1. The fraction of sp³-hybridized carbons (Fsp3) is 1.00. The Kier molecular flexibility index (Phi) is 3.62. The van der Waals surface area contributed by atoms with Crippen LogP contribution in [-0.2, 0) is 9.47 Å². The van der Waals surface area contributed by atoms with Gasteiger partial charge in [0.25, 0.3) is 0 Å². The van der Waals surface area contributed by atoms with Gasteiger partial charge in [0.2, 0.25) is 0 Å². The van der Waals surface area contributed by atoms with Gasteiger partial charge in [0.1, 0.15) is 6.10 Å². The number of rotatable bonds is 5. The van der Waals surface area contributed by atoms with E-state index in [4.69, 9.17) is 9.47 Å². The van der Waals surface area contributed by atoms with Crippen molar-refractivity contribution in [1.82, 2.24) is 0 Å². The second-order valence-corrected chi connectivity index (χ2v) is 4.32. The van der Waals surface area contributed by atoms with Crippen molar-refractivity contribution in [3.05, 3.63) is 0 Å². The van der Waals surface area contributed by atoms with Crippen molar-refractivity contribution < 1.29 is 9.47 Å². The minimum atomic E-state index is 0.436. The van der Waals surface area contributed by atoms with Gasteiger partial charge < -0.3 is 9.47 Å². The van der Waals surface area contributed by atoms with Crippen molar-refractivity contribution in [2.45, 2.75) is 44.6 Å². The molecule has 2 fully saturated rings. The van der Waals surface area contributed by atoms with E-state index >= 15 is 0 Å². The van der Waals surface area contributed by atoms with E-state index in [0.29, 0.717) is 6.10 Å². The van der Waals surface area contributed by atoms with E-state index in [2.05, 4.69) is 0 Å². The third kappa shape index (κ3) is 3.65. The normalized spacial score (nSPS) is 29.1. The number of ether oxygens (including phenoxy) is 2. The summed E-state index contributed by atoms with van der Waals surface area (Å²) in [5.74, 6) is 0.953. The summed E-state index contributed by atoms with van der Waals surface area (Å²) < 4.78 is 10.6. The summed E-state index contributed by atoms with van der Waals surface area (Å²) in [5.41, 5.74) is 0. The summed E-state index contributed by atoms with van der Waals surface area (Å²) in [6, 6.07) is 0. The Labute approximate surface area is 80.6 Å². The lowest BCUT2D eigenvalue weighted by Gasteiger charge is -2.21. The molecule has 0 aromatic heterocycles. The first-order valence-electron chi connectivity index (χ1n) is 5.64. The van der Waals surface area contributed by atoms with Gasteiger partial charge in [-0.15, -0.1) is 0 Å². The molecule has 1 heterocycles. The van der Waals surface area contributed by atoms with Gasteiger partial charge in [-0.1, -0.05) is 32.1 Å². The Hall–Kier alpha value is -0.0800. The molecule has 2 nitrogen and oxygen atoms in total. The molecule has 0 bridgehead atoms. The molecule has 0 spiro atoms. The standard InChI is InChI=1S/C11H20O2/c1-2-4-10(5-3-1)6-7-12-8-11-9-13-11/h10-11H,1-9H2. The molecule has 0 aromatic rings.